The van der Waals surface area contributed by atoms with Crippen molar-refractivity contribution in [3.63, 3.8) is 0 Å². The van der Waals surface area contributed by atoms with Crippen molar-refractivity contribution in [3.8, 4) is 0 Å². The molecule has 1 amide bonds. The number of allylic oxidation sites excluding steroid dienone is 14. The van der Waals surface area contributed by atoms with Gasteiger partial charge in [-0.15, -0.1) is 0 Å². The Morgan fingerprint density at radius 3 is 1.12 bits per heavy atom. The molecule has 0 aromatic heterocycles. The van der Waals surface area contributed by atoms with Gasteiger partial charge in [0.1, 0.15) is 73.2 Å². The number of hydrogen-bond acceptors (Lipinski definition) is 18. The molecule has 0 aromatic rings. The summed E-state index contributed by atoms with van der Waals surface area (Å²) in [5.74, 6) is -0.244. The molecule has 19 nitrogen and oxygen atoms in total. The number of aliphatic hydroxyl groups is 11. The highest BCUT2D eigenvalue weighted by molar-refractivity contribution is 5.76. The van der Waals surface area contributed by atoms with Crippen molar-refractivity contribution in [1.82, 2.24) is 5.32 Å². The molecule has 556 valence electrons. The molecule has 0 radical (unpaired) electrons. The molecule has 17 atom stereocenters. The minimum absolute atomic E-state index is 0.244. The Kier molecular flexibility index (Phi) is 52.3. The second-order valence-corrected chi connectivity index (χ2v) is 26.7. The maximum atomic E-state index is 13.4. The van der Waals surface area contributed by atoms with Crippen LogP contribution in [0.2, 0.25) is 0 Å². The van der Waals surface area contributed by atoms with E-state index in [9.17, 15) is 61.0 Å². The van der Waals surface area contributed by atoms with Gasteiger partial charge in [-0.3, -0.25) is 4.79 Å². The third-order valence-electron chi connectivity index (χ3n) is 18.5. The molecule has 0 aromatic carbocycles. The minimum Gasteiger partial charge on any atom is -0.394 e. The van der Waals surface area contributed by atoms with Crippen molar-refractivity contribution in [2.24, 2.45) is 0 Å². The number of aliphatic hydroxyl groups excluding tert-OH is 11. The van der Waals surface area contributed by atoms with Crippen LogP contribution in [0.15, 0.2) is 85.1 Å². The van der Waals surface area contributed by atoms with Crippen LogP contribution in [-0.2, 0) is 33.2 Å². The number of carbonyl (C=O) groups is 1. The van der Waals surface area contributed by atoms with Crippen LogP contribution < -0.4 is 5.32 Å². The Bertz CT molecular complexity index is 2070. The van der Waals surface area contributed by atoms with Gasteiger partial charge in [-0.2, -0.15) is 0 Å². The second-order valence-electron chi connectivity index (χ2n) is 26.7. The monoisotopic (exact) mass is 1360 g/mol. The molecule has 12 N–H and O–H groups in total. The second kappa shape index (κ2) is 57.6. The van der Waals surface area contributed by atoms with Gasteiger partial charge in [-0.1, -0.05) is 272 Å². The summed E-state index contributed by atoms with van der Waals surface area (Å²) in [4.78, 5) is 13.4. The predicted molar refractivity (Wildman–Crippen MR) is 378 cm³/mol. The van der Waals surface area contributed by atoms with E-state index in [0.29, 0.717) is 12.8 Å². The summed E-state index contributed by atoms with van der Waals surface area (Å²) < 4.78 is 34.4. The number of hydrogen-bond donors (Lipinski definition) is 12. The summed E-state index contributed by atoms with van der Waals surface area (Å²) in [6.45, 7) is 1.69. The Labute approximate surface area is 578 Å². The summed E-state index contributed by atoms with van der Waals surface area (Å²) in [7, 11) is 0. The Hall–Kier alpha value is -3.03. The van der Waals surface area contributed by atoms with Gasteiger partial charge in [-0.25, -0.2) is 0 Å². The van der Waals surface area contributed by atoms with Crippen molar-refractivity contribution < 1.29 is 89.4 Å². The van der Waals surface area contributed by atoms with E-state index in [-0.39, 0.29) is 18.9 Å². The molecule has 17 unspecified atom stereocenters. The zero-order chi connectivity index (χ0) is 69.6. The average molecular weight is 1360 g/mol. The fourth-order valence-corrected chi connectivity index (χ4v) is 12.4. The first-order valence-electron chi connectivity index (χ1n) is 37.8. The highest BCUT2D eigenvalue weighted by Crippen LogP contribution is 2.33. The molecule has 19 heteroatoms. The molecule has 3 aliphatic heterocycles. The Morgan fingerprint density at radius 2 is 0.719 bits per heavy atom. The average Bonchev–Trinajstić information content (AvgIpc) is 0.787. The number of rotatable bonds is 58. The smallest absolute Gasteiger partial charge is 0.220 e. The molecule has 3 rings (SSSR count). The lowest BCUT2D eigenvalue weighted by Crippen LogP contribution is -2.66. The summed E-state index contributed by atoms with van der Waals surface area (Å²) in [6.07, 6.45) is 48.2. The first-order chi connectivity index (χ1) is 46.8. The van der Waals surface area contributed by atoms with E-state index in [4.69, 9.17) is 28.4 Å². The molecule has 3 saturated heterocycles. The van der Waals surface area contributed by atoms with Crippen molar-refractivity contribution in [2.45, 2.75) is 369 Å². The van der Waals surface area contributed by atoms with Crippen LogP contribution in [0.25, 0.3) is 0 Å². The fourth-order valence-electron chi connectivity index (χ4n) is 12.4. The maximum absolute atomic E-state index is 13.4. The van der Waals surface area contributed by atoms with E-state index in [0.717, 1.165) is 96.3 Å². The zero-order valence-corrected chi connectivity index (χ0v) is 59.1. The molecular weight excluding hydrogens is 1230 g/mol. The summed E-state index contributed by atoms with van der Waals surface area (Å²) in [5, 5.41) is 121. The third kappa shape index (κ3) is 38.1. The lowest BCUT2D eigenvalue weighted by molar-refractivity contribution is -0.379. The van der Waals surface area contributed by atoms with Crippen LogP contribution in [0.1, 0.15) is 264 Å². The van der Waals surface area contributed by atoms with Gasteiger partial charge in [0, 0.05) is 6.42 Å². The lowest BCUT2D eigenvalue weighted by Gasteiger charge is -2.48. The molecule has 3 aliphatic rings. The van der Waals surface area contributed by atoms with Crippen LogP contribution >= 0.6 is 0 Å². The SMILES string of the molecule is CC/C=C\C/C=C\C/C=C\C/C=C\C/C=C\C/C=C\C/C=C\CCCCCCCCCCCCCCCCCC(=O)NC(COC1OC(CO)C(OC2OC(CO)C(OC3OC(CO)C(O)C(O)C3O)C(O)C2O)C(O)C1O)C(O)CCCCCCCCCCCCCCCC. The zero-order valence-electron chi connectivity index (χ0n) is 59.1. The van der Waals surface area contributed by atoms with Gasteiger partial charge in [0.25, 0.3) is 0 Å². The molecule has 0 aliphatic carbocycles. The van der Waals surface area contributed by atoms with Crippen LogP contribution in [-0.4, -0.2) is 193 Å². The van der Waals surface area contributed by atoms with Gasteiger partial charge < -0.3 is 89.9 Å². The number of amides is 1. The predicted octanol–water partition coefficient (Wildman–Crippen LogP) is 11.4. The van der Waals surface area contributed by atoms with Gasteiger partial charge >= 0.3 is 0 Å². The van der Waals surface area contributed by atoms with Gasteiger partial charge in [-0.05, 0) is 70.6 Å². The van der Waals surface area contributed by atoms with Crippen molar-refractivity contribution in [2.75, 3.05) is 26.4 Å². The molecule has 0 spiro atoms. The molecule has 3 fully saturated rings. The third-order valence-corrected chi connectivity index (χ3v) is 18.5. The van der Waals surface area contributed by atoms with E-state index in [1.165, 1.54) is 135 Å². The molecular formula is C77H135NO18. The van der Waals surface area contributed by atoms with Crippen LogP contribution in [0, 0.1) is 0 Å². The lowest BCUT2D eigenvalue weighted by atomic mass is 9.96. The highest BCUT2D eigenvalue weighted by Gasteiger charge is 2.53. The topological polar surface area (TPSA) is 307 Å². The number of ether oxygens (including phenoxy) is 6. The molecule has 0 saturated carbocycles. The standard InChI is InChI=1S/C77H135NO18/c1-3-5-7-9-11-13-15-17-19-20-21-22-23-24-25-26-27-28-29-30-31-32-33-34-35-36-37-38-39-40-41-43-45-47-49-51-53-55-65(83)78-60(61(82)54-52-50-48-46-44-42-18-16-14-12-10-8-6-4-2)59-91-75-71(89)68(86)73(63(57-80)93-75)96-77-72(90)69(87)74(64(58-81)94-77)95-76-70(88)67(85)66(84)62(56-79)92-76/h5,7,11,13,17,19,21-22,24-25,27-28,30-31,60-64,66-77,79-82,84-90H,3-4,6,8-10,12,14-16,18,20,23,26,29,32-59H2,1-2H3,(H,78,83)/b7-5-,13-11-,19-17-,22-21-,25-24-,28-27-,31-30-. The number of unbranched alkanes of at least 4 members (excludes halogenated alkanes) is 28. The van der Waals surface area contributed by atoms with Gasteiger partial charge in [0.15, 0.2) is 18.9 Å². The van der Waals surface area contributed by atoms with E-state index in [2.05, 4.69) is 104 Å². The fraction of sp³-hybridized carbons (Fsp3) is 0.805. The summed E-state index contributed by atoms with van der Waals surface area (Å²) in [5.41, 5.74) is 0. The number of nitrogens with one attached hydrogen (secondary N) is 1. The minimum atomic E-state index is -1.97. The summed E-state index contributed by atoms with van der Waals surface area (Å²) >= 11 is 0. The van der Waals surface area contributed by atoms with Crippen molar-refractivity contribution in [3.05, 3.63) is 85.1 Å². The van der Waals surface area contributed by atoms with Crippen LogP contribution in [0.3, 0.4) is 0 Å². The van der Waals surface area contributed by atoms with E-state index in [1.807, 2.05) is 0 Å². The van der Waals surface area contributed by atoms with Crippen LogP contribution in [0.4, 0.5) is 0 Å². The maximum Gasteiger partial charge on any atom is 0.220 e. The van der Waals surface area contributed by atoms with Crippen molar-refractivity contribution >= 4 is 5.91 Å². The first kappa shape index (κ1) is 87.2. The number of carbonyl (C=O) groups excluding carboxylic acids is 1. The van der Waals surface area contributed by atoms with Gasteiger partial charge in [0.05, 0.1) is 38.6 Å². The van der Waals surface area contributed by atoms with Gasteiger partial charge in [0.2, 0.25) is 5.91 Å². The normalized spacial score (nSPS) is 27.5. The molecule has 96 heavy (non-hydrogen) atoms. The molecule has 0 bridgehead atoms. The Balaban J connectivity index is 1.32. The summed E-state index contributed by atoms with van der Waals surface area (Å²) in [6, 6.07) is -0.890. The van der Waals surface area contributed by atoms with Crippen LogP contribution in [0.5, 0.6) is 0 Å². The van der Waals surface area contributed by atoms with E-state index < -0.39 is 124 Å². The van der Waals surface area contributed by atoms with E-state index in [1.54, 1.807) is 0 Å². The first-order valence-corrected chi connectivity index (χ1v) is 37.8. The Morgan fingerprint density at radius 1 is 0.385 bits per heavy atom. The highest BCUT2D eigenvalue weighted by atomic mass is 16.8. The largest absolute Gasteiger partial charge is 0.394 e. The molecule has 3 heterocycles. The quantitative estimate of drug-likeness (QED) is 0.0199. The van der Waals surface area contributed by atoms with E-state index >= 15 is 0 Å². The van der Waals surface area contributed by atoms with Crippen molar-refractivity contribution in [1.29, 1.82) is 0 Å².